The van der Waals surface area contributed by atoms with E-state index < -0.39 is 0 Å². The van der Waals surface area contributed by atoms with Crippen LogP contribution in [0.5, 0.6) is 0 Å². The van der Waals surface area contributed by atoms with Gasteiger partial charge in [-0.05, 0) is 50.0 Å². The van der Waals surface area contributed by atoms with E-state index in [4.69, 9.17) is 5.73 Å². The van der Waals surface area contributed by atoms with Gasteiger partial charge in [-0.1, -0.05) is 0 Å². The van der Waals surface area contributed by atoms with Gasteiger partial charge in [0.1, 0.15) is 0 Å². The maximum Gasteiger partial charge on any atom is 0.0110 e. The molecule has 1 heterocycles. The van der Waals surface area contributed by atoms with Gasteiger partial charge in [0.05, 0.1) is 0 Å². The second-order valence-electron chi connectivity index (χ2n) is 6.56. The van der Waals surface area contributed by atoms with Crippen LogP contribution in [0.3, 0.4) is 0 Å². The summed E-state index contributed by atoms with van der Waals surface area (Å²) in [5, 5.41) is 0. The Kier molecular flexibility index (Phi) is 3.42. The van der Waals surface area contributed by atoms with E-state index in [1.165, 1.54) is 71.4 Å². The minimum absolute atomic E-state index is 0.632. The third kappa shape index (κ3) is 3.21. The largest absolute Gasteiger partial charge is 0.330 e. The molecule has 0 aromatic carbocycles. The fourth-order valence-electron chi connectivity index (χ4n) is 3.24. The molecular weight excluding hydrogens is 210 g/mol. The molecule has 3 aliphatic rings. The molecule has 2 N–H and O–H groups in total. The average molecular weight is 237 g/mol. The van der Waals surface area contributed by atoms with Crippen molar-refractivity contribution in [3.05, 3.63) is 0 Å². The number of nitrogens with zero attached hydrogens (tertiary/aromatic N) is 2. The van der Waals surface area contributed by atoms with Gasteiger partial charge in [-0.3, -0.25) is 0 Å². The molecule has 0 aromatic heterocycles. The van der Waals surface area contributed by atoms with Crippen molar-refractivity contribution in [2.45, 2.75) is 32.1 Å². The Balaban J connectivity index is 1.39. The summed E-state index contributed by atoms with van der Waals surface area (Å²) in [6.45, 7) is 8.76. The zero-order valence-corrected chi connectivity index (χ0v) is 11.0. The smallest absolute Gasteiger partial charge is 0.0110 e. The Morgan fingerprint density at radius 2 is 1.65 bits per heavy atom. The molecule has 0 radical (unpaired) electrons. The highest BCUT2D eigenvalue weighted by molar-refractivity contribution is 4.96. The molecule has 0 aromatic rings. The lowest BCUT2D eigenvalue weighted by atomic mass is 10.0. The molecule has 2 aliphatic carbocycles. The summed E-state index contributed by atoms with van der Waals surface area (Å²) in [6.07, 6.45) is 7.06. The molecule has 3 fully saturated rings. The zero-order valence-electron chi connectivity index (χ0n) is 11.0. The van der Waals surface area contributed by atoms with Crippen molar-refractivity contribution in [3.8, 4) is 0 Å². The molecule has 1 aliphatic heterocycles. The van der Waals surface area contributed by atoms with Gasteiger partial charge in [0.15, 0.2) is 0 Å². The second-order valence-corrected chi connectivity index (χ2v) is 6.56. The molecule has 98 valence electrons. The van der Waals surface area contributed by atoms with Gasteiger partial charge < -0.3 is 15.5 Å². The first-order valence-corrected chi connectivity index (χ1v) is 7.44. The molecule has 0 bridgehead atoms. The van der Waals surface area contributed by atoms with Gasteiger partial charge in [-0.25, -0.2) is 0 Å². The predicted octanol–water partition coefficient (Wildman–Crippen LogP) is 1.14. The Morgan fingerprint density at radius 1 is 1.00 bits per heavy atom. The molecule has 3 nitrogen and oxygen atoms in total. The summed E-state index contributed by atoms with van der Waals surface area (Å²) >= 11 is 0. The van der Waals surface area contributed by atoms with Crippen molar-refractivity contribution in [3.63, 3.8) is 0 Å². The standard InChI is InChI=1S/C14H27N3/c15-6-5-14(3-4-14)12-17-9-7-16(8-10-17)11-13-1-2-13/h13H,1-12,15H2. The Hall–Kier alpha value is -0.120. The van der Waals surface area contributed by atoms with E-state index in [1.54, 1.807) is 0 Å². The van der Waals surface area contributed by atoms with Crippen LogP contribution in [0.2, 0.25) is 0 Å². The molecule has 3 rings (SSSR count). The predicted molar refractivity (Wildman–Crippen MR) is 70.9 cm³/mol. The summed E-state index contributed by atoms with van der Waals surface area (Å²) in [6, 6.07) is 0. The first-order chi connectivity index (χ1) is 8.30. The molecule has 0 amide bonds. The number of hydrogen-bond acceptors (Lipinski definition) is 3. The Bertz CT molecular complexity index is 250. The summed E-state index contributed by atoms with van der Waals surface area (Å²) in [7, 11) is 0. The van der Waals surface area contributed by atoms with E-state index in [2.05, 4.69) is 9.80 Å². The van der Waals surface area contributed by atoms with E-state index in [9.17, 15) is 0 Å². The van der Waals surface area contributed by atoms with Crippen LogP contribution in [0.15, 0.2) is 0 Å². The van der Waals surface area contributed by atoms with E-state index >= 15 is 0 Å². The van der Waals surface area contributed by atoms with Crippen molar-refractivity contribution in [2.24, 2.45) is 17.1 Å². The van der Waals surface area contributed by atoms with E-state index in [-0.39, 0.29) is 0 Å². The molecule has 0 spiro atoms. The van der Waals surface area contributed by atoms with E-state index in [0.717, 1.165) is 12.5 Å². The minimum atomic E-state index is 0.632. The van der Waals surface area contributed by atoms with Gasteiger partial charge in [0.25, 0.3) is 0 Å². The fourth-order valence-corrected chi connectivity index (χ4v) is 3.24. The number of piperazine rings is 1. The summed E-state index contributed by atoms with van der Waals surface area (Å²) < 4.78 is 0. The quantitative estimate of drug-likeness (QED) is 0.752. The third-order valence-electron chi connectivity index (χ3n) is 4.87. The van der Waals surface area contributed by atoms with Gasteiger partial charge in [0.2, 0.25) is 0 Å². The van der Waals surface area contributed by atoms with Crippen LogP contribution in [0, 0.1) is 11.3 Å². The topological polar surface area (TPSA) is 32.5 Å². The summed E-state index contributed by atoms with van der Waals surface area (Å²) in [5.74, 6) is 1.05. The summed E-state index contributed by atoms with van der Waals surface area (Å²) in [5.41, 5.74) is 6.35. The fraction of sp³-hybridized carbons (Fsp3) is 1.00. The maximum atomic E-state index is 5.72. The van der Waals surface area contributed by atoms with Crippen LogP contribution < -0.4 is 5.73 Å². The van der Waals surface area contributed by atoms with Gasteiger partial charge in [-0.15, -0.1) is 0 Å². The van der Waals surface area contributed by atoms with Crippen molar-refractivity contribution < 1.29 is 0 Å². The van der Waals surface area contributed by atoms with Crippen molar-refractivity contribution in [1.29, 1.82) is 0 Å². The van der Waals surface area contributed by atoms with Crippen LogP contribution in [-0.2, 0) is 0 Å². The molecular formula is C14H27N3. The Labute approximate surface area is 105 Å². The van der Waals surface area contributed by atoms with Crippen molar-refractivity contribution >= 4 is 0 Å². The third-order valence-corrected chi connectivity index (χ3v) is 4.87. The highest BCUT2D eigenvalue weighted by atomic mass is 15.3. The van der Waals surface area contributed by atoms with Crippen LogP contribution in [0.1, 0.15) is 32.1 Å². The van der Waals surface area contributed by atoms with E-state index in [0.29, 0.717) is 5.41 Å². The Morgan fingerprint density at radius 3 is 2.18 bits per heavy atom. The number of hydrogen-bond donors (Lipinski definition) is 1. The van der Waals surface area contributed by atoms with E-state index in [1.807, 2.05) is 0 Å². The lowest BCUT2D eigenvalue weighted by Gasteiger charge is -2.36. The lowest BCUT2D eigenvalue weighted by Crippen LogP contribution is -2.48. The first-order valence-electron chi connectivity index (χ1n) is 7.44. The molecule has 0 atom stereocenters. The van der Waals surface area contributed by atoms with Crippen LogP contribution >= 0.6 is 0 Å². The number of rotatable bonds is 6. The number of nitrogens with two attached hydrogens (primary N) is 1. The molecule has 2 saturated carbocycles. The van der Waals surface area contributed by atoms with Crippen LogP contribution in [-0.4, -0.2) is 55.6 Å². The molecule has 1 saturated heterocycles. The van der Waals surface area contributed by atoms with Crippen LogP contribution in [0.25, 0.3) is 0 Å². The minimum Gasteiger partial charge on any atom is -0.330 e. The zero-order chi connectivity index (χ0) is 11.7. The SMILES string of the molecule is NCCC1(CN2CCN(CC3CC3)CC2)CC1. The normalized spacial score (nSPS) is 29.5. The van der Waals surface area contributed by atoms with Gasteiger partial charge in [-0.2, -0.15) is 0 Å². The second kappa shape index (κ2) is 4.87. The lowest BCUT2D eigenvalue weighted by molar-refractivity contribution is 0.108. The average Bonchev–Trinajstić information content (AvgIpc) is 3.21. The van der Waals surface area contributed by atoms with Gasteiger partial charge in [0, 0.05) is 39.3 Å². The molecule has 3 heteroatoms. The highest BCUT2D eigenvalue weighted by Crippen LogP contribution is 2.49. The summed E-state index contributed by atoms with van der Waals surface area (Å²) in [4.78, 5) is 5.36. The van der Waals surface area contributed by atoms with Crippen molar-refractivity contribution in [2.75, 3.05) is 45.8 Å². The first kappa shape index (κ1) is 11.9. The van der Waals surface area contributed by atoms with Crippen LogP contribution in [0.4, 0.5) is 0 Å². The molecule has 0 unspecified atom stereocenters. The maximum absolute atomic E-state index is 5.72. The molecule has 17 heavy (non-hydrogen) atoms. The van der Waals surface area contributed by atoms with Crippen molar-refractivity contribution in [1.82, 2.24) is 9.80 Å². The monoisotopic (exact) mass is 237 g/mol. The highest BCUT2D eigenvalue weighted by Gasteiger charge is 2.43. The van der Waals surface area contributed by atoms with Gasteiger partial charge >= 0.3 is 0 Å².